The van der Waals surface area contributed by atoms with Gasteiger partial charge < -0.3 is 10.2 Å². The Bertz CT molecular complexity index is 661. The third-order valence-corrected chi connectivity index (χ3v) is 4.67. The molecule has 0 aliphatic heterocycles. The molecule has 0 saturated carbocycles. The zero-order chi connectivity index (χ0) is 15.5. The van der Waals surface area contributed by atoms with Gasteiger partial charge in [0.2, 0.25) is 0 Å². The number of aryl methyl sites for hydroxylation is 3. The first-order valence-electron chi connectivity index (χ1n) is 8.23. The SMILES string of the molecule is Cc1ccc2cc1-c1cc(ccc1O)CCC(O)CCCC2. The van der Waals surface area contributed by atoms with Crippen LogP contribution in [0.1, 0.15) is 42.4 Å². The van der Waals surface area contributed by atoms with Crippen LogP contribution in [-0.4, -0.2) is 16.3 Å². The Balaban J connectivity index is 2.07. The highest BCUT2D eigenvalue weighted by atomic mass is 16.3. The van der Waals surface area contributed by atoms with Crippen molar-refractivity contribution in [2.24, 2.45) is 0 Å². The molecule has 0 saturated heterocycles. The van der Waals surface area contributed by atoms with Gasteiger partial charge in [0, 0.05) is 5.56 Å². The molecule has 3 rings (SSSR count). The van der Waals surface area contributed by atoms with Crippen molar-refractivity contribution in [2.45, 2.75) is 51.6 Å². The van der Waals surface area contributed by atoms with Gasteiger partial charge in [-0.3, -0.25) is 0 Å². The highest BCUT2D eigenvalue weighted by Crippen LogP contribution is 2.34. The molecule has 1 atom stereocenters. The first kappa shape index (κ1) is 15.1. The largest absolute Gasteiger partial charge is 0.507 e. The quantitative estimate of drug-likeness (QED) is 0.757. The molecular weight excluding hydrogens is 272 g/mol. The molecule has 0 amide bonds. The van der Waals surface area contributed by atoms with Crippen molar-refractivity contribution in [3.8, 4) is 16.9 Å². The van der Waals surface area contributed by atoms with Crippen LogP contribution in [0.4, 0.5) is 0 Å². The summed E-state index contributed by atoms with van der Waals surface area (Å²) in [4.78, 5) is 0. The first-order valence-corrected chi connectivity index (χ1v) is 8.23. The summed E-state index contributed by atoms with van der Waals surface area (Å²) < 4.78 is 0. The van der Waals surface area contributed by atoms with Gasteiger partial charge in [-0.15, -0.1) is 0 Å². The molecule has 1 unspecified atom stereocenters. The minimum Gasteiger partial charge on any atom is -0.507 e. The van der Waals surface area contributed by atoms with E-state index in [0.717, 1.165) is 49.7 Å². The van der Waals surface area contributed by atoms with Crippen LogP contribution in [-0.2, 0) is 12.8 Å². The lowest BCUT2D eigenvalue weighted by atomic mass is 9.94. The van der Waals surface area contributed by atoms with Crippen LogP contribution in [0, 0.1) is 6.92 Å². The summed E-state index contributed by atoms with van der Waals surface area (Å²) in [6, 6.07) is 12.3. The molecule has 2 heteroatoms. The van der Waals surface area contributed by atoms with Crippen molar-refractivity contribution in [3.63, 3.8) is 0 Å². The molecule has 4 bridgehead atoms. The van der Waals surface area contributed by atoms with Crippen LogP contribution in [0.2, 0.25) is 0 Å². The summed E-state index contributed by atoms with van der Waals surface area (Å²) in [6.45, 7) is 2.09. The monoisotopic (exact) mass is 296 g/mol. The number of aliphatic hydroxyl groups is 1. The van der Waals surface area contributed by atoms with Crippen molar-refractivity contribution in [2.75, 3.05) is 0 Å². The van der Waals surface area contributed by atoms with Gasteiger partial charge in [0.1, 0.15) is 5.75 Å². The number of benzene rings is 2. The molecule has 2 N–H and O–H groups in total. The molecule has 116 valence electrons. The normalized spacial score (nSPS) is 18.9. The molecule has 0 aromatic heterocycles. The molecule has 0 radical (unpaired) electrons. The van der Waals surface area contributed by atoms with Gasteiger partial charge in [-0.1, -0.05) is 30.7 Å². The van der Waals surface area contributed by atoms with E-state index >= 15 is 0 Å². The van der Waals surface area contributed by atoms with Gasteiger partial charge in [-0.25, -0.2) is 0 Å². The molecule has 2 aromatic rings. The predicted molar refractivity (Wildman–Crippen MR) is 90.2 cm³/mol. The lowest BCUT2D eigenvalue weighted by molar-refractivity contribution is 0.151. The van der Waals surface area contributed by atoms with Gasteiger partial charge >= 0.3 is 0 Å². The van der Waals surface area contributed by atoms with Gasteiger partial charge in [-0.05, 0) is 73.4 Å². The molecule has 2 nitrogen and oxygen atoms in total. The maximum atomic E-state index is 10.3. The number of phenols is 1. The second kappa shape index (κ2) is 6.53. The Hall–Kier alpha value is -1.80. The van der Waals surface area contributed by atoms with Crippen molar-refractivity contribution in [1.29, 1.82) is 0 Å². The molecule has 0 heterocycles. The van der Waals surface area contributed by atoms with E-state index in [4.69, 9.17) is 0 Å². The number of aliphatic hydroxyl groups excluding tert-OH is 1. The molecule has 1 aliphatic rings. The van der Waals surface area contributed by atoms with Crippen LogP contribution >= 0.6 is 0 Å². The van der Waals surface area contributed by atoms with Crippen LogP contribution in [0.25, 0.3) is 11.1 Å². The highest BCUT2D eigenvalue weighted by molar-refractivity contribution is 5.74. The highest BCUT2D eigenvalue weighted by Gasteiger charge is 2.12. The Morgan fingerprint density at radius 2 is 1.59 bits per heavy atom. The smallest absolute Gasteiger partial charge is 0.123 e. The Kier molecular flexibility index (Phi) is 4.49. The summed E-state index contributed by atoms with van der Waals surface area (Å²) in [5.74, 6) is 0.333. The van der Waals surface area contributed by atoms with E-state index in [1.807, 2.05) is 6.07 Å². The number of hydrogen-bond donors (Lipinski definition) is 2. The van der Waals surface area contributed by atoms with Crippen LogP contribution in [0.5, 0.6) is 5.75 Å². The zero-order valence-corrected chi connectivity index (χ0v) is 13.2. The fourth-order valence-electron chi connectivity index (χ4n) is 3.26. The Labute approximate surface area is 132 Å². The zero-order valence-electron chi connectivity index (χ0n) is 13.2. The van der Waals surface area contributed by atoms with E-state index in [-0.39, 0.29) is 6.10 Å². The average Bonchev–Trinajstić information content (AvgIpc) is 2.52. The fourth-order valence-corrected chi connectivity index (χ4v) is 3.26. The third kappa shape index (κ3) is 3.33. The number of phenolic OH excluding ortho intramolecular Hbond substituents is 1. The fraction of sp³-hybridized carbons (Fsp3) is 0.400. The summed E-state index contributed by atoms with van der Waals surface area (Å²) in [5, 5.41) is 20.4. The van der Waals surface area contributed by atoms with Gasteiger partial charge in [0.05, 0.1) is 6.10 Å². The Morgan fingerprint density at radius 1 is 0.864 bits per heavy atom. The molecule has 1 aliphatic carbocycles. The standard InChI is InChI=1S/C20H24O2/c1-14-6-7-15-4-2-3-5-17(21)10-8-16-9-11-20(22)19(13-16)18(14)12-15/h6-7,9,11-13,17,21-22H,2-5,8,10H2,1H3. The van der Waals surface area contributed by atoms with E-state index < -0.39 is 0 Å². The molecule has 0 fully saturated rings. The van der Waals surface area contributed by atoms with Gasteiger partial charge in [-0.2, -0.15) is 0 Å². The first-order chi connectivity index (χ1) is 10.6. The maximum absolute atomic E-state index is 10.3. The number of rotatable bonds is 0. The summed E-state index contributed by atoms with van der Waals surface area (Å²) >= 11 is 0. The second-order valence-electron chi connectivity index (χ2n) is 6.44. The summed E-state index contributed by atoms with van der Waals surface area (Å²) in [6.07, 6.45) is 5.50. The maximum Gasteiger partial charge on any atom is 0.123 e. The van der Waals surface area contributed by atoms with Gasteiger partial charge in [0.15, 0.2) is 0 Å². The summed E-state index contributed by atoms with van der Waals surface area (Å²) in [5.41, 5.74) is 5.70. The molecule has 0 spiro atoms. The lowest BCUT2D eigenvalue weighted by Crippen LogP contribution is -2.08. The van der Waals surface area contributed by atoms with Crippen molar-refractivity contribution >= 4 is 0 Å². The molecule has 22 heavy (non-hydrogen) atoms. The van der Waals surface area contributed by atoms with E-state index in [2.05, 4.69) is 31.2 Å². The third-order valence-electron chi connectivity index (χ3n) is 4.67. The number of aromatic hydroxyl groups is 1. The van der Waals surface area contributed by atoms with Crippen molar-refractivity contribution in [3.05, 3.63) is 53.1 Å². The van der Waals surface area contributed by atoms with Crippen molar-refractivity contribution < 1.29 is 10.2 Å². The molecular formula is C20H24O2. The minimum atomic E-state index is -0.220. The molecule has 2 aromatic carbocycles. The van der Waals surface area contributed by atoms with Crippen LogP contribution in [0.3, 0.4) is 0 Å². The van der Waals surface area contributed by atoms with E-state index in [0.29, 0.717) is 5.75 Å². The summed E-state index contributed by atoms with van der Waals surface area (Å²) in [7, 11) is 0. The van der Waals surface area contributed by atoms with E-state index in [1.165, 1.54) is 16.7 Å². The number of hydrogen-bond acceptors (Lipinski definition) is 2. The van der Waals surface area contributed by atoms with Crippen molar-refractivity contribution in [1.82, 2.24) is 0 Å². The van der Waals surface area contributed by atoms with E-state index in [1.54, 1.807) is 6.07 Å². The second-order valence-corrected chi connectivity index (χ2v) is 6.44. The van der Waals surface area contributed by atoms with Gasteiger partial charge in [0.25, 0.3) is 0 Å². The minimum absolute atomic E-state index is 0.220. The van der Waals surface area contributed by atoms with Crippen LogP contribution in [0.15, 0.2) is 36.4 Å². The lowest BCUT2D eigenvalue weighted by Gasteiger charge is -2.12. The average molecular weight is 296 g/mol. The number of fused-ring (bicyclic) bond motifs is 5. The predicted octanol–water partition coefficient (Wildman–Crippen LogP) is 4.39. The topological polar surface area (TPSA) is 40.5 Å². The van der Waals surface area contributed by atoms with E-state index in [9.17, 15) is 10.2 Å². The Morgan fingerprint density at radius 3 is 2.45 bits per heavy atom. The van der Waals surface area contributed by atoms with Crippen LogP contribution < -0.4 is 0 Å².